The lowest BCUT2D eigenvalue weighted by Crippen LogP contribution is -2.30. The highest BCUT2D eigenvalue weighted by Crippen LogP contribution is 2.47. The highest BCUT2D eigenvalue weighted by atomic mass is 16.6. The number of ether oxygens (including phenoxy) is 2. The Labute approximate surface area is 165 Å². The molecule has 0 spiro atoms. The highest BCUT2D eigenvalue weighted by molar-refractivity contribution is 5.77. The van der Waals surface area contributed by atoms with Crippen molar-refractivity contribution in [3.8, 4) is 11.5 Å². The average Bonchev–Trinajstić information content (AvgIpc) is 3.14. The van der Waals surface area contributed by atoms with Crippen molar-refractivity contribution in [1.82, 2.24) is 4.90 Å². The van der Waals surface area contributed by atoms with E-state index in [4.69, 9.17) is 13.9 Å². The normalized spacial score (nSPS) is 25.8. The number of aryl methyl sites for hydroxylation is 1. The maximum Gasteiger partial charge on any atom is 0.223 e. The minimum Gasteiger partial charge on any atom is -0.486 e. The molecule has 2 aromatic rings. The van der Waals surface area contributed by atoms with Crippen LogP contribution in [-0.2, 0) is 11.2 Å². The summed E-state index contributed by atoms with van der Waals surface area (Å²) in [7, 11) is 0. The summed E-state index contributed by atoms with van der Waals surface area (Å²) >= 11 is 0. The van der Waals surface area contributed by atoms with Gasteiger partial charge in [-0.3, -0.25) is 4.79 Å². The van der Waals surface area contributed by atoms with Crippen molar-refractivity contribution in [1.29, 1.82) is 0 Å². The van der Waals surface area contributed by atoms with Crippen LogP contribution in [-0.4, -0.2) is 30.6 Å². The number of hydrogen-bond acceptors (Lipinski definition) is 4. The molecule has 3 atom stereocenters. The predicted octanol–water partition coefficient (Wildman–Crippen LogP) is 4.47. The van der Waals surface area contributed by atoms with Crippen LogP contribution in [0.3, 0.4) is 0 Å². The van der Waals surface area contributed by atoms with Gasteiger partial charge in [0.05, 0.1) is 6.04 Å². The molecule has 1 saturated carbocycles. The van der Waals surface area contributed by atoms with Gasteiger partial charge < -0.3 is 18.8 Å². The molecule has 148 valence electrons. The van der Waals surface area contributed by atoms with Gasteiger partial charge in [-0.25, -0.2) is 0 Å². The van der Waals surface area contributed by atoms with Gasteiger partial charge in [0.1, 0.15) is 24.7 Å². The molecule has 2 aliphatic heterocycles. The molecule has 0 N–H and O–H groups in total. The minimum absolute atomic E-state index is 0.128. The Morgan fingerprint density at radius 2 is 1.96 bits per heavy atom. The zero-order chi connectivity index (χ0) is 19.1. The summed E-state index contributed by atoms with van der Waals surface area (Å²) in [5.74, 6) is 5.13. The molecule has 5 heteroatoms. The summed E-state index contributed by atoms with van der Waals surface area (Å²) in [6.45, 7) is 4.24. The average molecular weight is 381 g/mol. The number of likely N-dealkylation sites (tertiary alicyclic amines) is 1. The lowest BCUT2D eigenvalue weighted by atomic mass is 10.0. The van der Waals surface area contributed by atoms with Crippen molar-refractivity contribution in [2.45, 2.75) is 51.0 Å². The van der Waals surface area contributed by atoms with Gasteiger partial charge in [0.2, 0.25) is 5.91 Å². The molecule has 1 amide bonds. The second kappa shape index (κ2) is 7.19. The van der Waals surface area contributed by atoms with E-state index < -0.39 is 0 Å². The van der Waals surface area contributed by atoms with Gasteiger partial charge in [-0.05, 0) is 55.0 Å². The molecule has 2 fully saturated rings. The van der Waals surface area contributed by atoms with Gasteiger partial charge in [-0.1, -0.05) is 13.0 Å². The number of nitrogens with zero attached hydrogens (tertiary/aromatic N) is 1. The largest absolute Gasteiger partial charge is 0.486 e. The molecule has 3 unspecified atom stereocenters. The monoisotopic (exact) mass is 381 g/mol. The number of fused-ring (bicyclic) bond motifs is 1. The van der Waals surface area contributed by atoms with Crippen LogP contribution >= 0.6 is 0 Å². The summed E-state index contributed by atoms with van der Waals surface area (Å²) < 4.78 is 17.3. The van der Waals surface area contributed by atoms with E-state index in [1.54, 1.807) is 0 Å². The summed E-state index contributed by atoms with van der Waals surface area (Å²) in [4.78, 5) is 15.0. The maximum atomic E-state index is 12.9. The van der Waals surface area contributed by atoms with Gasteiger partial charge in [-0.15, -0.1) is 0 Å². The van der Waals surface area contributed by atoms with Crippen LogP contribution in [0.25, 0.3) is 0 Å². The Bertz CT molecular complexity index is 873. The fourth-order valence-electron chi connectivity index (χ4n) is 4.50. The van der Waals surface area contributed by atoms with Crippen molar-refractivity contribution < 1.29 is 18.7 Å². The molecule has 0 radical (unpaired) electrons. The summed E-state index contributed by atoms with van der Waals surface area (Å²) in [6.07, 6.45) is 4.42. The molecule has 1 saturated heterocycles. The van der Waals surface area contributed by atoms with E-state index in [9.17, 15) is 4.79 Å². The molecule has 0 bridgehead atoms. The standard InChI is InChI=1S/C23H27NO4/c1-15-13-18(15)20-8-5-17(28-20)6-9-23(25)24-10-2-3-19(24)16-4-7-21-22(14-16)27-12-11-26-21/h4-5,7-8,14-15,18-19H,2-3,6,9-13H2,1H3. The van der Waals surface area contributed by atoms with Crippen LogP contribution in [0.1, 0.15) is 61.7 Å². The molecule has 5 nitrogen and oxygen atoms in total. The molecule has 1 aromatic heterocycles. The van der Waals surface area contributed by atoms with Crippen molar-refractivity contribution in [2.75, 3.05) is 19.8 Å². The maximum absolute atomic E-state index is 12.9. The van der Waals surface area contributed by atoms with Crippen LogP contribution in [0.2, 0.25) is 0 Å². The first-order chi connectivity index (χ1) is 13.7. The smallest absolute Gasteiger partial charge is 0.223 e. The Balaban J connectivity index is 1.23. The lowest BCUT2D eigenvalue weighted by molar-refractivity contribution is -0.132. The highest BCUT2D eigenvalue weighted by Gasteiger charge is 2.36. The number of hydrogen-bond donors (Lipinski definition) is 0. The van der Waals surface area contributed by atoms with E-state index in [2.05, 4.69) is 19.1 Å². The topological polar surface area (TPSA) is 51.9 Å². The summed E-state index contributed by atoms with van der Waals surface area (Å²) in [5.41, 5.74) is 1.14. The second-order valence-corrected chi connectivity index (χ2v) is 8.27. The first kappa shape index (κ1) is 17.7. The van der Waals surface area contributed by atoms with E-state index in [0.29, 0.717) is 32.0 Å². The lowest BCUT2D eigenvalue weighted by Gasteiger charge is -2.26. The Kier molecular flexibility index (Phi) is 4.53. The molecule has 3 heterocycles. The number of furan rings is 1. The van der Waals surface area contributed by atoms with Gasteiger partial charge in [0.15, 0.2) is 11.5 Å². The van der Waals surface area contributed by atoms with Crippen molar-refractivity contribution in [2.24, 2.45) is 5.92 Å². The van der Waals surface area contributed by atoms with Crippen LogP contribution in [0.4, 0.5) is 0 Å². The van der Waals surface area contributed by atoms with Crippen LogP contribution in [0.15, 0.2) is 34.7 Å². The third-order valence-electron chi connectivity index (χ3n) is 6.27. The first-order valence-electron chi connectivity index (χ1n) is 10.5. The van der Waals surface area contributed by atoms with Gasteiger partial charge >= 0.3 is 0 Å². The van der Waals surface area contributed by atoms with E-state index in [-0.39, 0.29) is 11.9 Å². The molecular formula is C23H27NO4. The molecule has 3 aliphatic rings. The molecular weight excluding hydrogens is 354 g/mol. The molecule has 28 heavy (non-hydrogen) atoms. The van der Waals surface area contributed by atoms with E-state index in [1.165, 1.54) is 6.42 Å². The van der Waals surface area contributed by atoms with Crippen LogP contribution in [0.5, 0.6) is 11.5 Å². The SMILES string of the molecule is CC1CC1c1ccc(CCC(=O)N2CCCC2c2ccc3c(c2)OCCO3)o1. The Morgan fingerprint density at radius 3 is 2.79 bits per heavy atom. The fourth-order valence-corrected chi connectivity index (χ4v) is 4.50. The minimum atomic E-state index is 0.128. The Morgan fingerprint density at radius 1 is 1.14 bits per heavy atom. The van der Waals surface area contributed by atoms with Gasteiger partial charge in [0, 0.05) is 25.3 Å². The summed E-state index contributed by atoms with van der Waals surface area (Å²) in [5, 5.41) is 0. The Hall–Kier alpha value is -2.43. The summed E-state index contributed by atoms with van der Waals surface area (Å²) in [6, 6.07) is 10.3. The zero-order valence-corrected chi connectivity index (χ0v) is 16.4. The van der Waals surface area contributed by atoms with Crippen molar-refractivity contribution >= 4 is 5.91 Å². The van der Waals surface area contributed by atoms with E-state index >= 15 is 0 Å². The third-order valence-corrected chi connectivity index (χ3v) is 6.27. The fraction of sp³-hybridized carbons (Fsp3) is 0.522. The number of carbonyl (C=O) groups is 1. The van der Waals surface area contributed by atoms with Crippen molar-refractivity contribution in [3.63, 3.8) is 0 Å². The first-order valence-corrected chi connectivity index (χ1v) is 10.5. The number of amides is 1. The second-order valence-electron chi connectivity index (χ2n) is 8.27. The van der Waals surface area contributed by atoms with Crippen LogP contribution < -0.4 is 9.47 Å². The molecule has 1 aliphatic carbocycles. The predicted molar refractivity (Wildman–Crippen MR) is 105 cm³/mol. The van der Waals surface area contributed by atoms with E-state index in [1.807, 2.05) is 23.1 Å². The molecule has 5 rings (SSSR count). The van der Waals surface area contributed by atoms with E-state index in [0.717, 1.165) is 53.9 Å². The molecule has 1 aromatic carbocycles. The van der Waals surface area contributed by atoms with Crippen molar-refractivity contribution in [3.05, 3.63) is 47.4 Å². The number of carbonyl (C=O) groups excluding carboxylic acids is 1. The number of benzene rings is 1. The third kappa shape index (κ3) is 3.38. The zero-order valence-electron chi connectivity index (χ0n) is 16.4. The van der Waals surface area contributed by atoms with Gasteiger partial charge in [0.25, 0.3) is 0 Å². The van der Waals surface area contributed by atoms with Gasteiger partial charge in [-0.2, -0.15) is 0 Å². The number of rotatable bonds is 5. The van der Waals surface area contributed by atoms with Crippen LogP contribution in [0, 0.1) is 5.92 Å². The quantitative estimate of drug-likeness (QED) is 0.767.